The molecule has 0 spiro atoms. The van der Waals surface area contributed by atoms with Gasteiger partial charge in [0.15, 0.2) is 0 Å². The van der Waals surface area contributed by atoms with Gasteiger partial charge in [0.05, 0.1) is 0 Å². The van der Waals surface area contributed by atoms with E-state index < -0.39 is 5.97 Å². The Labute approximate surface area is 119 Å². The Hall–Kier alpha value is -1.00. The maximum atomic E-state index is 10.5. The van der Waals surface area contributed by atoms with Gasteiger partial charge in [-0.3, -0.25) is 9.69 Å². The van der Waals surface area contributed by atoms with E-state index in [0.717, 1.165) is 31.7 Å². The normalized spacial score (nSPS) is 20.3. The van der Waals surface area contributed by atoms with Gasteiger partial charge in [-0.05, 0) is 24.9 Å². The van der Waals surface area contributed by atoms with Crippen LogP contribution >= 0.6 is 11.8 Å². The van der Waals surface area contributed by atoms with Gasteiger partial charge in [0.1, 0.15) is 0 Å². The van der Waals surface area contributed by atoms with E-state index in [1.807, 2.05) is 11.8 Å². The lowest BCUT2D eigenvalue weighted by atomic mass is 10.1. The van der Waals surface area contributed by atoms with E-state index in [2.05, 4.69) is 35.2 Å². The first-order valence-corrected chi connectivity index (χ1v) is 8.01. The average Bonchev–Trinajstić information content (AvgIpc) is 2.45. The predicted octanol–water partition coefficient (Wildman–Crippen LogP) is 3.03. The Morgan fingerprint density at radius 3 is 2.84 bits per heavy atom. The van der Waals surface area contributed by atoms with E-state index in [-0.39, 0.29) is 0 Å². The summed E-state index contributed by atoms with van der Waals surface area (Å²) in [5.41, 5.74) is 1.38. The minimum absolute atomic E-state index is 0.290. The first-order valence-electron chi connectivity index (χ1n) is 6.86. The summed E-state index contributed by atoms with van der Waals surface area (Å²) in [7, 11) is 0. The van der Waals surface area contributed by atoms with E-state index >= 15 is 0 Å². The molecule has 0 bridgehead atoms. The summed E-state index contributed by atoms with van der Waals surface area (Å²) < 4.78 is 0. The van der Waals surface area contributed by atoms with Crippen molar-refractivity contribution in [3.63, 3.8) is 0 Å². The number of rotatable bonds is 6. The molecule has 1 aromatic rings. The molecule has 0 amide bonds. The molecule has 4 heteroatoms. The van der Waals surface area contributed by atoms with Crippen molar-refractivity contribution in [3.05, 3.63) is 35.9 Å². The van der Waals surface area contributed by atoms with Gasteiger partial charge >= 0.3 is 5.97 Å². The molecule has 1 heterocycles. The summed E-state index contributed by atoms with van der Waals surface area (Å²) in [6.45, 7) is 2.12. The van der Waals surface area contributed by atoms with Gasteiger partial charge in [-0.25, -0.2) is 0 Å². The molecule has 0 radical (unpaired) electrons. The van der Waals surface area contributed by atoms with Crippen LogP contribution in [0.1, 0.15) is 30.9 Å². The molecule has 1 N–H and O–H groups in total. The van der Waals surface area contributed by atoms with E-state index in [1.165, 1.54) is 11.3 Å². The van der Waals surface area contributed by atoms with Gasteiger partial charge in [-0.1, -0.05) is 30.3 Å². The van der Waals surface area contributed by atoms with Crippen molar-refractivity contribution in [2.45, 2.75) is 25.3 Å². The fourth-order valence-electron chi connectivity index (χ4n) is 2.48. The highest BCUT2D eigenvalue weighted by Gasteiger charge is 2.23. The first kappa shape index (κ1) is 14.4. The van der Waals surface area contributed by atoms with Crippen molar-refractivity contribution in [1.29, 1.82) is 0 Å². The molecule has 19 heavy (non-hydrogen) atoms. The maximum absolute atomic E-state index is 10.5. The summed E-state index contributed by atoms with van der Waals surface area (Å²) in [4.78, 5) is 13.0. The molecule has 104 valence electrons. The number of carboxylic acid groups (broad SMARTS) is 1. The predicted molar refractivity (Wildman–Crippen MR) is 79.6 cm³/mol. The van der Waals surface area contributed by atoms with Crippen molar-refractivity contribution < 1.29 is 9.90 Å². The van der Waals surface area contributed by atoms with Crippen LogP contribution in [-0.2, 0) is 4.79 Å². The molecule has 1 aromatic carbocycles. The Balaban J connectivity index is 1.87. The van der Waals surface area contributed by atoms with Crippen molar-refractivity contribution in [3.8, 4) is 0 Å². The number of nitrogens with zero attached hydrogens (tertiary/aromatic N) is 1. The molecular formula is C15H21NO2S. The van der Waals surface area contributed by atoms with Crippen LogP contribution < -0.4 is 0 Å². The third-order valence-electron chi connectivity index (χ3n) is 3.51. The largest absolute Gasteiger partial charge is 0.481 e. The first-order chi connectivity index (χ1) is 9.27. The Kier molecular flexibility index (Phi) is 5.73. The van der Waals surface area contributed by atoms with Crippen LogP contribution in [0.25, 0.3) is 0 Å². The van der Waals surface area contributed by atoms with Crippen LogP contribution in [0.5, 0.6) is 0 Å². The Morgan fingerprint density at radius 2 is 2.11 bits per heavy atom. The molecular weight excluding hydrogens is 258 g/mol. The summed E-state index contributed by atoms with van der Waals surface area (Å²) in [5, 5.41) is 8.66. The van der Waals surface area contributed by atoms with E-state index in [9.17, 15) is 4.79 Å². The van der Waals surface area contributed by atoms with Crippen molar-refractivity contribution in [2.75, 3.05) is 24.6 Å². The molecule has 1 aliphatic rings. The Bertz CT molecular complexity index is 396. The molecule has 3 nitrogen and oxygen atoms in total. The van der Waals surface area contributed by atoms with Crippen LogP contribution in [-0.4, -0.2) is 40.6 Å². The molecule has 1 saturated heterocycles. The molecule has 1 fully saturated rings. The van der Waals surface area contributed by atoms with Gasteiger partial charge in [-0.15, -0.1) is 0 Å². The molecule has 2 rings (SSSR count). The summed E-state index contributed by atoms with van der Waals surface area (Å²) >= 11 is 2.01. The second-order valence-corrected chi connectivity index (χ2v) is 6.04. The van der Waals surface area contributed by atoms with Gasteiger partial charge in [-0.2, -0.15) is 11.8 Å². The smallest absolute Gasteiger partial charge is 0.303 e. The van der Waals surface area contributed by atoms with Gasteiger partial charge in [0, 0.05) is 30.5 Å². The monoisotopic (exact) mass is 279 g/mol. The average molecular weight is 279 g/mol. The number of carboxylic acids is 1. The number of aliphatic carboxylic acids is 1. The fraction of sp³-hybridized carbons (Fsp3) is 0.533. The zero-order valence-corrected chi connectivity index (χ0v) is 11.9. The fourth-order valence-corrected chi connectivity index (χ4v) is 3.64. The molecule has 1 atom stereocenters. The minimum atomic E-state index is -0.686. The SMILES string of the molecule is O=C(O)CCCCN1CCSCC1c1ccccc1. The lowest BCUT2D eigenvalue weighted by Crippen LogP contribution is -2.36. The number of unbranched alkanes of at least 4 members (excludes halogenated alkanes) is 1. The van der Waals surface area contributed by atoms with E-state index in [1.54, 1.807) is 0 Å². The van der Waals surface area contributed by atoms with Crippen LogP contribution in [0.2, 0.25) is 0 Å². The highest BCUT2D eigenvalue weighted by atomic mass is 32.2. The summed E-state index contributed by atoms with van der Waals surface area (Å²) in [6, 6.07) is 11.1. The zero-order chi connectivity index (χ0) is 13.5. The molecule has 0 aliphatic carbocycles. The number of hydrogen-bond donors (Lipinski definition) is 1. The van der Waals surface area contributed by atoms with Crippen LogP contribution in [0.3, 0.4) is 0 Å². The van der Waals surface area contributed by atoms with Gasteiger partial charge in [0.2, 0.25) is 0 Å². The summed E-state index contributed by atoms with van der Waals surface area (Å²) in [5.74, 6) is 1.64. The van der Waals surface area contributed by atoms with E-state index in [0.29, 0.717) is 12.5 Å². The van der Waals surface area contributed by atoms with Gasteiger partial charge in [0.25, 0.3) is 0 Å². The lowest BCUT2D eigenvalue weighted by molar-refractivity contribution is -0.137. The minimum Gasteiger partial charge on any atom is -0.481 e. The quantitative estimate of drug-likeness (QED) is 0.813. The third-order valence-corrected chi connectivity index (χ3v) is 4.53. The van der Waals surface area contributed by atoms with Crippen molar-refractivity contribution in [2.24, 2.45) is 0 Å². The molecule has 1 unspecified atom stereocenters. The Morgan fingerprint density at radius 1 is 1.32 bits per heavy atom. The second-order valence-electron chi connectivity index (χ2n) is 4.89. The highest BCUT2D eigenvalue weighted by molar-refractivity contribution is 7.99. The molecule has 1 aliphatic heterocycles. The van der Waals surface area contributed by atoms with Crippen LogP contribution in [0.4, 0.5) is 0 Å². The number of thioether (sulfide) groups is 1. The molecule has 0 aromatic heterocycles. The number of carbonyl (C=O) groups is 1. The van der Waals surface area contributed by atoms with E-state index in [4.69, 9.17) is 5.11 Å². The number of hydrogen-bond acceptors (Lipinski definition) is 3. The second kappa shape index (κ2) is 7.56. The van der Waals surface area contributed by atoms with Crippen molar-refractivity contribution in [1.82, 2.24) is 4.90 Å². The third kappa shape index (κ3) is 4.55. The maximum Gasteiger partial charge on any atom is 0.303 e. The lowest BCUT2D eigenvalue weighted by Gasteiger charge is -2.35. The van der Waals surface area contributed by atoms with Crippen molar-refractivity contribution >= 4 is 17.7 Å². The number of benzene rings is 1. The zero-order valence-electron chi connectivity index (χ0n) is 11.1. The van der Waals surface area contributed by atoms with Gasteiger partial charge < -0.3 is 5.11 Å². The van der Waals surface area contributed by atoms with Crippen LogP contribution in [0.15, 0.2) is 30.3 Å². The topological polar surface area (TPSA) is 40.5 Å². The van der Waals surface area contributed by atoms with Crippen LogP contribution in [0, 0.1) is 0 Å². The highest BCUT2D eigenvalue weighted by Crippen LogP contribution is 2.29. The standard InChI is InChI=1S/C15H21NO2S/c17-15(18)8-4-5-9-16-10-11-19-12-14(16)13-6-2-1-3-7-13/h1-3,6-7,14H,4-5,8-12H2,(H,17,18). The molecule has 0 saturated carbocycles. The summed E-state index contributed by atoms with van der Waals surface area (Å²) in [6.07, 6.45) is 2.04.